The Hall–Kier alpha value is -4.51. The Balaban J connectivity index is 1.72. The van der Waals surface area contributed by atoms with Gasteiger partial charge in [-0.3, -0.25) is 4.98 Å². The molecule has 5 heteroatoms. The van der Waals surface area contributed by atoms with Crippen molar-refractivity contribution in [3.63, 3.8) is 0 Å². The lowest BCUT2D eigenvalue weighted by Gasteiger charge is -2.20. The van der Waals surface area contributed by atoms with E-state index in [9.17, 15) is 9.90 Å². The molecule has 5 aromatic rings. The lowest BCUT2D eigenvalue weighted by molar-refractivity contribution is 0.0696. The zero-order valence-corrected chi connectivity index (χ0v) is 18.6. The first-order chi connectivity index (χ1) is 16.6. The van der Waals surface area contributed by atoms with E-state index in [-0.39, 0.29) is 11.6 Å². The normalized spacial score (nSPS) is 11.8. The van der Waals surface area contributed by atoms with Gasteiger partial charge in [-0.1, -0.05) is 78.9 Å². The van der Waals surface area contributed by atoms with Gasteiger partial charge in [0.25, 0.3) is 0 Å². The lowest BCUT2D eigenvalue weighted by Crippen LogP contribution is -2.09. The highest BCUT2D eigenvalue weighted by molar-refractivity contribution is 6.09. The molecular formula is C29H23N3O2. The van der Waals surface area contributed by atoms with Crippen LogP contribution < -0.4 is 5.32 Å². The van der Waals surface area contributed by atoms with Crippen molar-refractivity contribution in [3.8, 4) is 22.3 Å². The number of carboxylic acid groups (broad SMARTS) is 1. The van der Waals surface area contributed by atoms with E-state index in [0.717, 1.165) is 38.8 Å². The van der Waals surface area contributed by atoms with E-state index in [1.165, 1.54) is 6.20 Å². The molecule has 0 saturated heterocycles. The van der Waals surface area contributed by atoms with E-state index in [2.05, 4.69) is 47.6 Å². The summed E-state index contributed by atoms with van der Waals surface area (Å²) in [6.07, 6.45) is 4.83. The minimum absolute atomic E-state index is 0.0450. The van der Waals surface area contributed by atoms with Gasteiger partial charge in [-0.05, 0) is 35.1 Å². The fourth-order valence-electron chi connectivity index (χ4n) is 4.23. The first-order valence-corrected chi connectivity index (χ1v) is 11.1. The van der Waals surface area contributed by atoms with Crippen molar-refractivity contribution in [1.29, 1.82) is 0 Å². The van der Waals surface area contributed by atoms with Crippen LogP contribution in [0.5, 0.6) is 0 Å². The number of carbonyl (C=O) groups is 1. The van der Waals surface area contributed by atoms with Gasteiger partial charge in [-0.25, -0.2) is 9.78 Å². The van der Waals surface area contributed by atoms with Crippen LogP contribution >= 0.6 is 0 Å². The van der Waals surface area contributed by atoms with Crippen LogP contribution in [0, 0.1) is 0 Å². The summed E-state index contributed by atoms with van der Waals surface area (Å²) in [6.45, 7) is 2.11. The van der Waals surface area contributed by atoms with Crippen LogP contribution in [-0.2, 0) is 0 Å². The summed E-state index contributed by atoms with van der Waals surface area (Å²) in [4.78, 5) is 20.5. The Morgan fingerprint density at radius 3 is 2.29 bits per heavy atom. The predicted molar refractivity (Wildman–Crippen MR) is 136 cm³/mol. The van der Waals surface area contributed by atoms with Crippen LogP contribution in [0.15, 0.2) is 104 Å². The summed E-state index contributed by atoms with van der Waals surface area (Å²) in [5.74, 6) is -0.233. The number of aromatic carboxylic acids is 1. The van der Waals surface area contributed by atoms with Gasteiger partial charge in [0, 0.05) is 41.1 Å². The first-order valence-electron chi connectivity index (χ1n) is 11.1. The molecule has 166 valence electrons. The molecule has 2 heterocycles. The molecule has 3 aromatic carbocycles. The largest absolute Gasteiger partial charge is 0.478 e. The maximum atomic E-state index is 11.5. The molecule has 0 bridgehead atoms. The summed E-state index contributed by atoms with van der Waals surface area (Å²) < 4.78 is 0. The van der Waals surface area contributed by atoms with E-state index in [0.29, 0.717) is 5.56 Å². The standard InChI is InChI=1S/C29H23N3O2/c1-19(20-9-4-2-5-10-20)32-28-27-24(21-11-6-3-7-12-21)13-8-14-25(27)26(18-31-28)22-15-23(29(33)34)17-30-16-22/h2-19H,1H3,(H,31,32)(H,33,34). The van der Waals surface area contributed by atoms with Gasteiger partial charge in [0.1, 0.15) is 5.82 Å². The van der Waals surface area contributed by atoms with Crippen molar-refractivity contribution in [2.75, 3.05) is 5.32 Å². The molecule has 0 spiro atoms. The van der Waals surface area contributed by atoms with Gasteiger partial charge < -0.3 is 10.4 Å². The molecular weight excluding hydrogens is 422 g/mol. The number of anilines is 1. The lowest BCUT2D eigenvalue weighted by atomic mass is 9.94. The second-order valence-electron chi connectivity index (χ2n) is 8.16. The van der Waals surface area contributed by atoms with E-state index in [4.69, 9.17) is 4.98 Å². The highest BCUT2D eigenvalue weighted by Crippen LogP contribution is 2.39. The minimum atomic E-state index is -1.01. The van der Waals surface area contributed by atoms with Gasteiger partial charge in [-0.2, -0.15) is 0 Å². The van der Waals surface area contributed by atoms with Crippen molar-refractivity contribution < 1.29 is 9.90 Å². The summed E-state index contributed by atoms with van der Waals surface area (Å²) >= 11 is 0. The molecule has 0 aliphatic rings. The Morgan fingerprint density at radius 1 is 0.824 bits per heavy atom. The highest BCUT2D eigenvalue weighted by Gasteiger charge is 2.17. The van der Waals surface area contributed by atoms with Crippen LogP contribution in [-0.4, -0.2) is 21.0 Å². The van der Waals surface area contributed by atoms with E-state index in [1.807, 2.05) is 48.5 Å². The second kappa shape index (κ2) is 9.16. The number of rotatable bonds is 6. The number of hydrogen-bond donors (Lipinski definition) is 2. The van der Waals surface area contributed by atoms with Crippen LogP contribution in [0.2, 0.25) is 0 Å². The van der Waals surface area contributed by atoms with E-state index < -0.39 is 5.97 Å². The number of fused-ring (bicyclic) bond motifs is 1. The van der Waals surface area contributed by atoms with Crippen molar-refractivity contribution in [3.05, 3.63) is 115 Å². The zero-order valence-electron chi connectivity index (χ0n) is 18.6. The third kappa shape index (κ3) is 4.11. The number of benzene rings is 3. The summed E-state index contributed by atoms with van der Waals surface area (Å²) in [7, 11) is 0. The van der Waals surface area contributed by atoms with E-state index in [1.54, 1.807) is 18.5 Å². The average Bonchev–Trinajstić information content (AvgIpc) is 2.89. The fraction of sp³-hybridized carbons (Fsp3) is 0.0690. The Kier molecular flexibility index (Phi) is 5.75. The van der Waals surface area contributed by atoms with Crippen molar-refractivity contribution in [2.45, 2.75) is 13.0 Å². The molecule has 2 aromatic heterocycles. The number of hydrogen-bond acceptors (Lipinski definition) is 4. The van der Waals surface area contributed by atoms with Gasteiger partial charge in [-0.15, -0.1) is 0 Å². The maximum Gasteiger partial charge on any atom is 0.337 e. The molecule has 5 rings (SSSR count). The Labute approximate surface area is 197 Å². The summed E-state index contributed by atoms with van der Waals surface area (Å²) in [5, 5.41) is 15.0. The molecule has 0 aliphatic heterocycles. The number of aromatic nitrogens is 2. The predicted octanol–water partition coefficient (Wildman–Crippen LogP) is 6.84. The van der Waals surface area contributed by atoms with Crippen molar-refractivity contribution in [1.82, 2.24) is 9.97 Å². The molecule has 2 N–H and O–H groups in total. The smallest absolute Gasteiger partial charge is 0.337 e. The molecule has 5 nitrogen and oxygen atoms in total. The topological polar surface area (TPSA) is 75.1 Å². The highest BCUT2D eigenvalue weighted by atomic mass is 16.4. The Morgan fingerprint density at radius 2 is 1.56 bits per heavy atom. The average molecular weight is 446 g/mol. The number of carboxylic acids is 1. The monoisotopic (exact) mass is 445 g/mol. The number of nitrogens with one attached hydrogen (secondary N) is 1. The molecule has 34 heavy (non-hydrogen) atoms. The van der Waals surface area contributed by atoms with Crippen LogP contribution in [0.25, 0.3) is 33.0 Å². The van der Waals surface area contributed by atoms with Crippen LogP contribution in [0.3, 0.4) is 0 Å². The van der Waals surface area contributed by atoms with Gasteiger partial charge in [0.2, 0.25) is 0 Å². The molecule has 1 atom stereocenters. The SMILES string of the molecule is CC(Nc1ncc(-c2cncc(C(=O)O)c2)c2cccc(-c3ccccc3)c12)c1ccccc1. The van der Waals surface area contributed by atoms with E-state index >= 15 is 0 Å². The second-order valence-corrected chi connectivity index (χ2v) is 8.16. The molecule has 0 saturated carbocycles. The third-order valence-corrected chi connectivity index (χ3v) is 5.95. The van der Waals surface area contributed by atoms with Gasteiger partial charge >= 0.3 is 5.97 Å². The molecule has 0 radical (unpaired) electrons. The third-order valence-electron chi connectivity index (χ3n) is 5.95. The van der Waals surface area contributed by atoms with Crippen LogP contribution in [0.1, 0.15) is 28.9 Å². The molecule has 0 aliphatic carbocycles. The Bertz CT molecular complexity index is 1470. The quantitative estimate of drug-likeness (QED) is 0.299. The van der Waals surface area contributed by atoms with Gasteiger partial charge in [0.05, 0.1) is 5.56 Å². The molecule has 1 unspecified atom stereocenters. The first kappa shape index (κ1) is 21.3. The summed E-state index contributed by atoms with van der Waals surface area (Å²) in [6, 6.07) is 28.3. The van der Waals surface area contributed by atoms with Crippen molar-refractivity contribution in [2.24, 2.45) is 0 Å². The molecule has 0 fully saturated rings. The number of nitrogens with zero attached hydrogens (tertiary/aromatic N) is 2. The minimum Gasteiger partial charge on any atom is -0.478 e. The fourth-order valence-corrected chi connectivity index (χ4v) is 4.23. The number of pyridine rings is 2. The van der Waals surface area contributed by atoms with Gasteiger partial charge in [0.15, 0.2) is 0 Å². The maximum absolute atomic E-state index is 11.5. The zero-order chi connectivity index (χ0) is 23.5. The van der Waals surface area contributed by atoms with Crippen molar-refractivity contribution >= 4 is 22.6 Å². The van der Waals surface area contributed by atoms with Crippen LogP contribution in [0.4, 0.5) is 5.82 Å². The molecule has 0 amide bonds. The summed E-state index contributed by atoms with van der Waals surface area (Å²) in [5.41, 5.74) is 4.99.